The molecule has 6 nitrogen and oxygen atoms in total. The molecule has 0 amide bonds. The molecule has 8 heteroatoms. The first-order valence-corrected chi connectivity index (χ1v) is 17.5. The van der Waals surface area contributed by atoms with Gasteiger partial charge < -0.3 is 18.8 Å². The largest absolute Gasteiger partial charge is 2.00 e. The van der Waals surface area contributed by atoms with Crippen molar-refractivity contribution in [1.82, 2.24) is 14.5 Å². The summed E-state index contributed by atoms with van der Waals surface area (Å²) in [6.07, 6.45) is 3.77. The van der Waals surface area contributed by atoms with Gasteiger partial charge in [-0.1, -0.05) is 94.6 Å². The molecule has 0 N–H and O–H groups in total. The predicted molar refractivity (Wildman–Crippen MR) is 208 cm³/mol. The number of rotatable bonds is 5. The molecular weight excluding hydrogens is 822 g/mol. The zero-order valence-electron chi connectivity index (χ0n) is 30.8. The van der Waals surface area contributed by atoms with Gasteiger partial charge in [0.1, 0.15) is 11.6 Å². The summed E-state index contributed by atoms with van der Waals surface area (Å²) in [5.74, 6) is 3.51. The Morgan fingerprint density at radius 2 is 1.29 bits per heavy atom. The van der Waals surface area contributed by atoms with Crippen LogP contribution < -0.4 is 19.7 Å². The van der Waals surface area contributed by atoms with Gasteiger partial charge in [-0.25, -0.2) is 9.97 Å². The van der Waals surface area contributed by atoms with Gasteiger partial charge in [-0.15, -0.1) is 35.7 Å². The molecule has 52 heavy (non-hydrogen) atoms. The van der Waals surface area contributed by atoms with Crippen LogP contribution in [0.5, 0.6) is 17.2 Å². The minimum atomic E-state index is -0.412. The third-order valence-electron chi connectivity index (χ3n) is 9.84. The van der Waals surface area contributed by atoms with Crippen LogP contribution in [0.1, 0.15) is 63.8 Å². The number of aryl methyl sites for hydroxylation is 2. The Labute approximate surface area is 321 Å². The summed E-state index contributed by atoms with van der Waals surface area (Å²) >= 11 is 0. The van der Waals surface area contributed by atoms with Crippen LogP contribution in [0.15, 0.2) is 103 Å². The SMILES string of the molecule is Cc1cccc(C)c1B1Oc2ccc(Oc3[c-]c4c(cc3)c3ccccc3n4-c3cc(C(C)(C)C)ccn3)[c-]c2N1c1cc(C(C)(C)C)ccn1.[Pt+2]. The molecule has 0 bridgehead atoms. The van der Waals surface area contributed by atoms with Crippen LogP contribution in [0.4, 0.5) is 11.5 Å². The van der Waals surface area contributed by atoms with E-state index in [2.05, 4.69) is 150 Å². The first kappa shape index (κ1) is 35.5. The van der Waals surface area contributed by atoms with Gasteiger partial charge in [0.05, 0.1) is 0 Å². The molecule has 1 aliphatic heterocycles. The number of para-hydroxylation sites is 1. The molecule has 0 aliphatic carbocycles. The summed E-state index contributed by atoms with van der Waals surface area (Å²) < 4.78 is 15.5. The molecule has 0 unspecified atom stereocenters. The molecule has 1 aliphatic rings. The summed E-state index contributed by atoms with van der Waals surface area (Å²) in [6, 6.07) is 38.4. The molecular formula is C44H41BN4O2Pt. The average molecular weight is 864 g/mol. The number of fused-ring (bicyclic) bond motifs is 4. The van der Waals surface area contributed by atoms with E-state index in [0.29, 0.717) is 11.5 Å². The summed E-state index contributed by atoms with van der Waals surface area (Å²) in [4.78, 5) is 11.8. The molecule has 0 spiro atoms. The average Bonchev–Trinajstić information content (AvgIpc) is 3.63. The second kappa shape index (κ2) is 13.3. The molecule has 0 saturated heterocycles. The minimum absolute atomic E-state index is 0. The van der Waals surface area contributed by atoms with Crippen LogP contribution in [0.3, 0.4) is 0 Å². The van der Waals surface area contributed by atoms with E-state index in [4.69, 9.17) is 19.4 Å². The molecule has 4 heterocycles. The van der Waals surface area contributed by atoms with Crippen molar-refractivity contribution in [3.8, 4) is 23.1 Å². The van der Waals surface area contributed by atoms with Gasteiger partial charge >= 0.3 is 28.1 Å². The van der Waals surface area contributed by atoms with Crippen LogP contribution in [0.25, 0.3) is 27.6 Å². The van der Waals surface area contributed by atoms with E-state index in [1.165, 1.54) is 11.1 Å². The Kier molecular flexibility index (Phi) is 9.07. The van der Waals surface area contributed by atoms with E-state index >= 15 is 0 Å². The molecule has 0 radical (unpaired) electrons. The Hall–Kier alpha value is -4.87. The number of anilines is 2. The third kappa shape index (κ3) is 6.30. The van der Waals surface area contributed by atoms with E-state index < -0.39 is 7.05 Å². The molecule has 3 aromatic heterocycles. The maximum absolute atomic E-state index is 6.72. The molecule has 4 aromatic carbocycles. The van der Waals surface area contributed by atoms with E-state index in [-0.39, 0.29) is 31.9 Å². The number of ether oxygens (including phenoxy) is 1. The second-order valence-electron chi connectivity index (χ2n) is 15.5. The van der Waals surface area contributed by atoms with Crippen molar-refractivity contribution in [2.75, 3.05) is 4.81 Å². The summed E-state index contributed by atoms with van der Waals surface area (Å²) in [6.45, 7) is 17.6. The van der Waals surface area contributed by atoms with Crippen molar-refractivity contribution in [2.45, 2.75) is 66.2 Å². The van der Waals surface area contributed by atoms with Crippen molar-refractivity contribution in [3.05, 3.63) is 138 Å². The molecule has 262 valence electrons. The van der Waals surface area contributed by atoms with Crippen LogP contribution in [0, 0.1) is 26.0 Å². The number of hydrogen-bond donors (Lipinski definition) is 0. The standard InChI is InChI=1S/C44H41BN4O2.Pt/c1-28-12-11-13-29(2)42(28)45-49(41-25-31(21-23-47-41)44(6,7)8)38-27-33(17-19-39(38)51-45)50-32-16-18-35-34-14-9-10-15-36(34)48(37(35)26-32)40-24-30(20-22-46-40)43(3,4)5;/h9-25H,1-8H3;/q-2;+2. The maximum Gasteiger partial charge on any atom is 2.00 e. The quantitative estimate of drug-likeness (QED) is 0.128. The third-order valence-corrected chi connectivity index (χ3v) is 9.84. The number of pyridine rings is 2. The zero-order chi connectivity index (χ0) is 35.7. The fraction of sp³-hybridized carbons (Fsp3) is 0.227. The van der Waals surface area contributed by atoms with Crippen molar-refractivity contribution in [3.63, 3.8) is 0 Å². The maximum atomic E-state index is 6.72. The number of benzene rings is 4. The van der Waals surface area contributed by atoms with Crippen molar-refractivity contribution in [2.24, 2.45) is 0 Å². The van der Waals surface area contributed by atoms with Crippen LogP contribution >= 0.6 is 0 Å². The van der Waals surface area contributed by atoms with Gasteiger partial charge in [-0.3, -0.25) is 0 Å². The smallest absolute Gasteiger partial charge is 0.599 e. The van der Waals surface area contributed by atoms with Crippen LogP contribution in [-0.4, -0.2) is 21.6 Å². The van der Waals surface area contributed by atoms with Crippen LogP contribution in [0.2, 0.25) is 0 Å². The second-order valence-corrected chi connectivity index (χ2v) is 15.5. The van der Waals surface area contributed by atoms with Crippen molar-refractivity contribution >= 4 is 45.8 Å². The van der Waals surface area contributed by atoms with Gasteiger partial charge in [0.25, 0.3) is 0 Å². The molecule has 0 saturated carbocycles. The first-order valence-electron chi connectivity index (χ1n) is 17.5. The van der Waals surface area contributed by atoms with Gasteiger partial charge in [-0.05, 0) is 82.7 Å². The van der Waals surface area contributed by atoms with Gasteiger partial charge in [0.2, 0.25) is 0 Å². The Morgan fingerprint density at radius 3 is 1.98 bits per heavy atom. The van der Waals surface area contributed by atoms with Gasteiger partial charge in [0.15, 0.2) is 0 Å². The first-order chi connectivity index (χ1) is 24.4. The van der Waals surface area contributed by atoms with E-state index in [1.807, 2.05) is 30.6 Å². The summed E-state index contributed by atoms with van der Waals surface area (Å²) in [5.41, 5.74) is 8.50. The van der Waals surface area contributed by atoms with Gasteiger partial charge in [0, 0.05) is 35.2 Å². The monoisotopic (exact) mass is 863 g/mol. The van der Waals surface area contributed by atoms with Crippen LogP contribution in [-0.2, 0) is 31.9 Å². The summed E-state index contributed by atoms with van der Waals surface area (Å²) in [7, 11) is -0.412. The number of hydrogen-bond acceptors (Lipinski definition) is 5. The van der Waals surface area contributed by atoms with Crippen molar-refractivity contribution in [1.29, 1.82) is 0 Å². The minimum Gasteiger partial charge on any atom is -0.599 e. The Bertz CT molecular complexity index is 2440. The van der Waals surface area contributed by atoms with E-state index in [0.717, 1.165) is 61.5 Å². The molecule has 0 fully saturated rings. The summed E-state index contributed by atoms with van der Waals surface area (Å²) in [5, 5.41) is 2.22. The van der Waals surface area contributed by atoms with E-state index in [9.17, 15) is 0 Å². The number of aromatic nitrogens is 3. The van der Waals surface area contributed by atoms with Crippen molar-refractivity contribution < 1.29 is 30.5 Å². The Balaban J connectivity index is 0.00000420. The zero-order valence-corrected chi connectivity index (χ0v) is 33.1. The number of nitrogens with zero attached hydrogens (tertiary/aromatic N) is 4. The fourth-order valence-corrected chi connectivity index (χ4v) is 7.03. The molecule has 0 atom stereocenters. The fourth-order valence-electron chi connectivity index (χ4n) is 7.03. The Morgan fingerprint density at radius 1 is 0.673 bits per heavy atom. The molecule has 8 rings (SSSR count). The molecule has 7 aromatic rings. The van der Waals surface area contributed by atoms with Gasteiger partial charge in [-0.2, -0.15) is 6.07 Å². The predicted octanol–water partition coefficient (Wildman–Crippen LogP) is 10.1. The normalized spacial score (nSPS) is 12.9. The van der Waals surface area contributed by atoms with E-state index in [1.54, 1.807) is 0 Å². The topological polar surface area (TPSA) is 52.4 Å².